The molecule has 2 N–H and O–H groups in total. The van der Waals surface area contributed by atoms with Crippen LogP contribution in [0.2, 0.25) is 0 Å². The standard InChI is InChI=1S/C14H30N2O/c1-4-14(3)7-9-16(10-8-14)12-13(6-11-17)15-5-2/h13,15,17H,4-12H2,1-3H3. The summed E-state index contributed by atoms with van der Waals surface area (Å²) >= 11 is 0. The lowest BCUT2D eigenvalue weighted by molar-refractivity contribution is 0.102. The van der Waals surface area contributed by atoms with Gasteiger partial charge in [-0.3, -0.25) is 0 Å². The van der Waals surface area contributed by atoms with Crippen LogP contribution < -0.4 is 5.32 Å². The van der Waals surface area contributed by atoms with Crippen LogP contribution in [0.1, 0.15) is 46.5 Å². The van der Waals surface area contributed by atoms with Gasteiger partial charge in [0.05, 0.1) is 0 Å². The molecule has 0 saturated carbocycles. The molecule has 1 heterocycles. The number of likely N-dealkylation sites (tertiary alicyclic amines) is 1. The molecule has 0 spiro atoms. The Hall–Kier alpha value is -0.120. The lowest BCUT2D eigenvalue weighted by Gasteiger charge is -2.40. The predicted octanol–water partition coefficient (Wildman–Crippen LogP) is 1.86. The molecule has 0 bridgehead atoms. The Balaban J connectivity index is 2.32. The normalized spacial score (nSPS) is 22.6. The third-order valence-corrected chi connectivity index (χ3v) is 4.37. The van der Waals surface area contributed by atoms with Crippen molar-refractivity contribution in [2.45, 2.75) is 52.5 Å². The van der Waals surface area contributed by atoms with Crippen molar-refractivity contribution >= 4 is 0 Å². The molecule has 1 fully saturated rings. The van der Waals surface area contributed by atoms with Crippen LogP contribution >= 0.6 is 0 Å². The van der Waals surface area contributed by atoms with Crippen molar-refractivity contribution in [2.75, 3.05) is 32.8 Å². The van der Waals surface area contributed by atoms with Gasteiger partial charge < -0.3 is 15.3 Å². The van der Waals surface area contributed by atoms with Gasteiger partial charge in [-0.2, -0.15) is 0 Å². The molecule has 0 aliphatic carbocycles. The SMILES string of the molecule is CCNC(CCO)CN1CCC(C)(CC)CC1. The Kier molecular flexibility index (Phi) is 6.45. The summed E-state index contributed by atoms with van der Waals surface area (Å²) in [7, 11) is 0. The van der Waals surface area contributed by atoms with E-state index in [1.165, 1.54) is 32.4 Å². The first-order chi connectivity index (χ1) is 8.13. The van der Waals surface area contributed by atoms with E-state index >= 15 is 0 Å². The Morgan fingerprint density at radius 1 is 1.29 bits per heavy atom. The highest BCUT2D eigenvalue weighted by Crippen LogP contribution is 2.33. The monoisotopic (exact) mass is 242 g/mol. The predicted molar refractivity (Wildman–Crippen MR) is 73.2 cm³/mol. The maximum atomic E-state index is 9.06. The van der Waals surface area contributed by atoms with Crippen molar-refractivity contribution < 1.29 is 5.11 Å². The zero-order valence-electron chi connectivity index (χ0n) is 11.8. The van der Waals surface area contributed by atoms with Crippen LogP contribution in [-0.2, 0) is 0 Å². The minimum atomic E-state index is 0.290. The Bertz CT molecular complexity index is 194. The van der Waals surface area contributed by atoms with E-state index < -0.39 is 0 Å². The van der Waals surface area contributed by atoms with E-state index in [1.807, 2.05) is 0 Å². The van der Waals surface area contributed by atoms with Gasteiger partial charge in [0.1, 0.15) is 0 Å². The topological polar surface area (TPSA) is 35.5 Å². The van der Waals surface area contributed by atoms with Crippen molar-refractivity contribution in [2.24, 2.45) is 5.41 Å². The number of piperidine rings is 1. The second kappa shape index (κ2) is 7.34. The van der Waals surface area contributed by atoms with E-state index in [4.69, 9.17) is 5.11 Å². The van der Waals surface area contributed by atoms with Gasteiger partial charge in [-0.05, 0) is 44.3 Å². The number of aliphatic hydroxyl groups excluding tert-OH is 1. The number of likely N-dealkylation sites (N-methyl/N-ethyl adjacent to an activating group) is 1. The summed E-state index contributed by atoms with van der Waals surface area (Å²) in [5.74, 6) is 0. The highest BCUT2D eigenvalue weighted by molar-refractivity contribution is 4.83. The number of aliphatic hydroxyl groups is 1. The third kappa shape index (κ3) is 4.94. The molecular formula is C14H30N2O. The summed E-state index contributed by atoms with van der Waals surface area (Å²) in [6, 6.07) is 0.455. The number of nitrogens with one attached hydrogen (secondary N) is 1. The van der Waals surface area contributed by atoms with Crippen molar-refractivity contribution in [1.29, 1.82) is 0 Å². The van der Waals surface area contributed by atoms with Crippen LogP contribution in [0.4, 0.5) is 0 Å². The lowest BCUT2D eigenvalue weighted by atomic mass is 9.78. The molecule has 1 rings (SSSR count). The molecule has 0 aromatic rings. The first-order valence-electron chi connectivity index (χ1n) is 7.20. The second-order valence-electron chi connectivity index (χ2n) is 5.73. The molecule has 1 aliphatic rings. The minimum Gasteiger partial charge on any atom is -0.396 e. The molecule has 0 aromatic heterocycles. The van der Waals surface area contributed by atoms with E-state index in [1.54, 1.807) is 0 Å². The molecule has 1 aliphatic heterocycles. The molecule has 0 radical (unpaired) electrons. The average Bonchev–Trinajstić information content (AvgIpc) is 2.33. The highest BCUT2D eigenvalue weighted by Gasteiger charge is 2.28. The van der Waals surface area contributed by atoms with Crippen molar-refractivity contribution in [1.82, 2.24) is 10.2 Å². The number of rotatable bonds is 7. The largest absolute Gasteiger partial charge is 0.396 e. The Labute approximate surface area is 107 Å². The van der Waals surface area contributed by atoms with Gasteiger partial charge in [-0.15, -0.1) is 0 Å². The first kappa shape index (κ1) is 14.9. The summed E-state index contributed by atoms with van der Waals surface area (Å²) in [6.07, 6.45) is 4.81. The molecule has 0 amide bonds. The highest BCUT2D eigenvalue weighted by atomic mass is 16.3. The van der Waals surface area contributed by atoms with Crippen LogP contribution in [0.5, 0.6) is 0 Å². The van der Waals surface area contributed by atoms with Gasteiger partial charge >= 0.3 is 0 Å². The van der Waals surface area contributed by atoms with Gasteiger partial charge in [0, 0.05) is 19.2 Å². The lowest BCUT2D eigenvalue weighted by Crippen LogP contribution is -2.46. The van der Waals surface area contributed by atoms with Crippen molar-refractivity contribution in [3.05, 3.63) is 0 Å². The molecular weight excluding hydrogens is 212 g/mol. The fourth-order valence-corrected chi connectivity index (χ4v) is 2.64. The van der Waals surface area contributed by atoms with Gasteiger partial charge in [0.2, 0.25) is 0 Å². The zero-order valence-corrected chi connectivity index (χ0v) is 11.8. The van der Waals surface area contributed by atoms with Gasteiger partial charge in [0.25, 0.3) is 0 Å². The Morgan fingerprint density at radius 3 is 2.41 bits per heavy atom. The number of hydrogen-bond donors (Lipinski definition) is 2. The van der Waals surface area contributed by atoms with Gasteiger partial charge in [0.15, 0.2) is 0 Å². The fourth-order valence-electron chi connectivity index (χ4n) is 2.64. The molecule has 3 heteroatoms. The molecule has 17 heavy (non-hydrogen) atoms. The third-order valence-electron chi connectivity index (χ3n) is 4.37. The number of hydrogen-bond acceptors (Lipinski definition) is 3. The maximum absolute atomic E-state index is 9.06. The van der Waals surface area contributed by atoms with Crippen LogP contribution in [0.15, 0.2) is 0 Å². The molecule has 102 valence electrons. The maximum Gasteiger partial charge on any atom is 0.0446 e. The van der Waals surface area contributed by atoms with Crippen LogP contribution in [0, 0.1) is 5.41 Å². The van der Waals surface area contributed by atoms with Gasteiger partial charge in [-0.1, -0.05) is 27.2 Å². The van der Waals surface area contributed by atoms with Gasteiger partial charge in [-0.25, -0.2) is 0 Å². The van der Waals surface area contributed by atoms with Crippen molar-refractivity contribution in [3.8, 4) is 0 Å². The number of nitrogens with zero attached hydrogens (tertiary/aromatic N) is 1. The van der Waals surface area contributed by atoms with Crippen molar-refractivity contribution in [3.63, 3.8) is 0 Å². The second-order valence-corrected chi connectivity index (χ2v) is 5.73. The van der Waals surface area contributed by atoms with Crippen LogP contribution in [-0.4, -0.2) is 48.8 Å². The Morgan fingerprint density at radius 2 is 1.94 bits per heavy atom. The molecule has 1 unspecified atom stereocenters. The molecule has 0 aromatic carbocycles. The summed E-state index contributed by atoms with van der Waals surface area (Å²) in [5.41, 5.74) is 0.571. The van der Waals surface area contributed by atoms with E-state index in [-0.39, 0.29) is 6.61 Å². The van der Waals surface area contributed by atoms with E-state index in [9.17, 15) is 0 Å². The quantitative estimate of drug-likeness (QED) is 0.715. The zero-order chi connectivity index (χ0) is 12.7. The van der Waals surface area contributed by atoms with Crippen LogP contribution in [0.25, 0.3) is 0 Å². The van der Waals surface area contributed by atoms with E-state index in [0.717, 1.165) is 19.5 Å². The molecule has 1 atom stereocenters. The van der Waals surface area contributed by atoms with E-state index in [2.05, 4.69) is 31.0 Å². The first-order valence-corrected chi connectivity index (χ1v) is 7.20. The fraction of sp³-hybridized carbons (Fsp3) is 1.00. The van der Waals surface area contributed by atoms with E-state index in [0.29, 0.717) is 11.5 Å². The molecule has 3 nitrogen and oxygen atoms in total. The summed E-state index contributed by atoms with van der Waals surface area (Å²) in [5, 5.41) is 12.5. The van der Waals surface area contributed by atoms with Crippen LogP contribution in [0.3, 0.4) is 0 Å². The minimum absolute atomic E-state index is 0.290. The summed E-state index contributed by atoms with van der Waals surface area (Å²) in [4.78, 5) is 2.56. The smallest absolute Gasteiger partial charge is 0.0446 e. The summed E-state index contributed by atoms with van der Waals surface area (Å²) < 4.78 is 0. The molecule has 1 saturated heterocycles. The average molecular weight is 242 g/mol. The summed E-state index contributed by atoms with van der Waals surface area (Å²) in [6.45, 7) is 11.7.